The maximum atomic E-state index is 11.7. The van der Waals surface area contributed by atoms with Gasteiger partial charge in [0.05, 0.1) is 17.4 Å². The highest BCUT2D eigenvalue weighted by atomic mass is 32.1. The topological polar surface area (TPSA) is 80.3 Å². The number of nitrogens with zero attached hydrogens (tertiary/aromatic N) is 1. The maximum Gasteiger partial charge on any atom is 0.340 e. The minimum atomic E-state index is -0.382. The molecular weight excluding hydrogens is 290 g/mol. The van der Waals surface area contributed by atoms with Gasteiger partial charge in [0.15, 0.2) is 0 Å². The summed E-state index contributed by atoms with van der Waals surface area (Å²) in [7, 11) is 1.36. The summed E-state index contributed by atoms with van der Waals surface area (Å²) < 4.78 is 5.62. The van der Waals surface area contributed by atoms with Crippen LogP contribution in [0.4, 0.5) is 5.82 Å². The summed E-state index contributed by atoms with van der Waals surface area (Å²) in [5.74, 6) is 0.324. The Morgan fingerprint density at radius 3 is 2.90 bits per heavy atom. The first-order valence-electron chi connectivity index (χ1n) is 6.56. The molecule has 0 aliphatic carbocycles. The van der Waals surface area contributed by atoms with E-state index in [1.54, 1.807) is 0 Å². The molecule has 2 aromatic rings. The molecule has 2 rings (SSSR count). The van der Waals surface area contributed by atoms with E-state index in [1.165, 1.54) is 31.6 Å². The van der Waals surface area contributed by atoms with Gasteiger partial charge in [-0.3, -0.25) is 4.79 Å². The van der Waals surface area contributed by atoms with Crippen LogP contribution in [0.3, 0.4) is 0 Å². The third-order valence-electron chi connectivity index (χ3n) is 2.91. The van der Waals surface area contributed by atoms with Crippen molar-refractivity contribution in [3.63, 3.8) is 0 Å². The molecule has 0 aliphatic heterocycles. The summed E-state index contributed by atoms with van der Waals surface area (Å²) in [5, 5.41) is 8.78. The monoisotopic (exact) mass is 307 g/mol. The number of carbonyl (C=O) groups is 2. The summed E-state index contributed by atoms with van der Waals surface area (Å²) in [4.78, 5) is 26.7. The van der Waals surface area contributed by atoms with Crippen LogP contribution in [0.1, 0.15) is 23.7 Å². The lowest BCUT2D eigenvalue weighted by Gasteiger charge is -2.09. The molecule has 6 nitrogen and oxygen atoms in total. The van der Waals surface area contributed by atoms with E-state index in [1.807, 2.05) is 11.4 Å². The molecule has 0 fully saturated rings. The predicted octanol–water partition coefficient (Wildman–Crippen LogP) is 2.02. The average molecular weight is 307 g/mol. The lowest BCUT2D eigenvalue weighted by molar-refractivity contribution is -0.118. The van der Waals surface area contributed by atoms with E-state index in [2.05, 4.69) is 15.6 Å². The number of fused-ring (bicyclic) bond motifs is 1. The lowest BCUT2D eigenvalue weighted by atomic mass is 10.2. The number of hydrogen-bond acceptors (Lipinski definition) is 6. The quantitative estimate of drug-likeness (QED) is 0.630. The summed E-state index contributed by atoms with van der Waals surface area (Å²) in [6.07, 6.45) is 2.33. The van der Waals surface area contributed by atoms with Crippen LogP contribution in [-0.2, 0) is 9.53 Å². The van der Waals surface area contributed by atoms with Crippen LogP contribution in [0.2, 0.25) is 0 Å². The second-order valence-electron chi connectivity index (χ2n) is 4.44. The van der Waals surface area contributed by atoms with Crippen LogP contribution in [0.5, 0.6) is 0 Å². The number of pyridine rings is 1. The minimum absolute atomic E-state index is 0.0317. The standard InChI is InChI=1S/C14H17N3O3S/c1-9(18)15-5-3-6-16-13-10-4-7-21-12(10)11(8-17-13)14(19)20-2/h4,7-8H,3,5-6H2,1-2H3,(H,15,18)(H,16,17). The van der Waals surface area contributed by atoms with Crippen LogP contribution in [0, 0.1) is 0 Å². The second-order valence-corrected chi connectivity index (χ2v) is 5.35. The van der Waals surface area contributed by atoms with E-state index < -0.39 is 0 Å². The van der Waals surface area contributed by atoms with Gasteiger partial charge in [-0.2, -0.15) is 0 Å². The Hall–Kier alpha value is -2.15. The molecule has 0 bridgehead atoms. The summed E-state index contributed by atoms with van der Waals surface area (Å²) >= 11 is 1.48. The highest BCUT2D eigenvalue weighted by molar-refractivity contribution is 7.17. The van der Waals surface area contributed by atoms with Crippen molar-refractivity contribution in [3.05, 3.63) is 23.2 Å². The Morgan fingerprint density at radius 1 is 1.38 bits per heavy atom. The fourth-order valence-corrected chi connectivity index (χ4v) is 2.81. The maximum absolute atomic E-state index is 11.7. The number of hydrogen-bond donors (Lipinski definition) is 2. The largest absolute Gasteiger partial charge is 0.465 e. The van der Waals surface area contributed by atoms with Crippen molar-refractivity contribution in [2.75, 3.05) is 25.5 Å². The molecule has 0 spiro atoms. The highest BCUT2D eigenvalue weighted by Crippen LogP contribution is 2.29. The van der Waals surface area contributed by atoms with Crippen LogP contribution < -0.4 is 10.6 Å². The van der Waals surface area contributed by atoms with E-state index in [0.717, 1.165) is 22.3 Å². The smallest absolute Gasteiger partial charge is 0.340 e. The van der Waals surface area contributed by atoms with Gasteiger partial charge in [-0.05, 0) is 17.9 Å². The van der Waals surface area contributed by atoms with E-state index >= 15 is 0 Å². The molecule has 0 saturated heterocycles. The molecule has 2 N–H and O–H groups in total. The van der Waals surface area contributed by atoms with Gasteiger partial charge in [0.2, 0.25) is 5.91 Å². The molecule has 0 aliphatic rings. The molecule has 21 heavy (non-hydrogen) atoms. The Labute approximate surface area is 126 Å². The number of rotatable bonds is 6. The molecule has 0 unspecified atom stereocenters. The number of methoxy groups -OCH3 is 1. The number of esters is 1. The number of nitrogens with one attached hydrogen (secondary N) is 2. The van der Waals surface area contributed by atoms with Gasteiger partial charge in [0.25, 0.3) is 0 Å². The first-order valence-corrected chi connectivity index (χ1v) is 7.44. The molecule has 0 atom stereocenters. The fraction of sp³-hybridized carbons (Fsp3) is 0.357. The van der Waals surface area contributed by atoms with Crippen LogP contribution >= 0.6 is 11.3 Å². The van der Waals surface area contributed by atoms with Crippen molar-refractivity contribution in [1.29, 1.82) is 0 Å². The molecule has 0 aromatic carbocycles. The number of anilines is 1. The Kier molecular flexibility index (Phi) is 5.10. The third kappa shape index (κ3) is 3.69. The van der Waals surface area contributed by atoms with Crippen LogP contribution in [-0.4, -0.2) is 37.1 Å². The highest BCUT2D eigenvalue weighted by Gasteiger charge is 2.14. The molecule has 0 radical (unpaired) electrons. The summed E-state index contributed by atoms with van der Waals surface area (Å²) in [5.41, 5.74) is 0.478. The van der Waals surface area contributed by atoms with Gasteiger partial charge in [0, 0.05) is 31.6 Å². The van der Waals surface area contributed by atoms with Crippen molar-refractivity contribution in [1.82, 2.24) is 10.3 Å². The van der Waals surface area contributed by atoms with E-state index in [-0.39, 0.29) is 11.9 Å². The number of ether oxygens (including phenoxy) is 1. The zero-order valence-electron chi connectivity index (χ0n) is 11.9. The number of amides is 1. The third-order valence-corrected chi connectivity index (χ3v) is 3.86. The SMILES string of the molecule is COC(=O)c1cnc(NCCCNC(C)=O)c2ccsc12. The van der Waals surface area contributed by atoms with Gasteiger partial charge >= 0.3 is 5.97 Å². The molecule has 7 heteroatoms. The zero-order chi connectivity index (χ0) is 15.2. The van der Waals surface area contributed by atoms with Crippen molar-refractivity contribution in [3.8, 4) is 0 Å². The molecule has 2 heterocycles. The number of aromatic nitrogens is 1. The minimum Gasteiger partial charge on any atom is -0.465 e. The van der Waals surface area contributed by atoms with Crippen molar-refractivity contribution in [2.24, 2.45) is 0 Å². The van der Waals surface area contributed by atoms with E-state index in [0.29, 0.717) is 18.7 Å². The first-order chi connectivity index (χ1) is 10.1. The summed E-state index contributed by atoms with van der Waals surface area (Å²) in [6, 6.07) is 1.93. The molecule has 0 saturated carbocycles. The zero-order valence-corrected chi connectivity index (χ0v) is 12.8. The van der Waals surface area contributed by atoms with Crippen LogP contribution in [0.25, 0.3) is 10.1 Å². The molecule has 2 aromatic heterocycles. The lowest BCUT2D eigenvalue weighted by Crippen LogP contribution is -2.22. The molecular formula is C14H17N3O3S. The molecule has 112 valence electrons. The Balaban J connectivity index is 2.06. The summed E-state index contributed by atoms with van der Waals surface area (Å²) in [6.45, 7) is 2.81. The van der Waals surface area contributed by atoms with E-state index in [9.17, 15) is 9.59 Å². The van der Waals surface area contributed by atoms with Crippen molar-refractivity contribution < 1.29 is 14.3 Å². The van der Waals surface area contributed by atoms with Crippen LogP contribution in [0.15, 0.2) is 17.6 Å². The van der Waals surface area contributed by atoms with Crippen molar-refractivity contribution in [2.45, 2.75) is 13.3 Å². The van der Waals surface area contributed by atoms with E-state index in [4.69, 9.17) is 4.74 Å². The number of thiophene rings is 1. The number of carbonyl (C=O) groups excluding carboxylic acids is 2. The Bertz CT molecular complexity index is 654. The van der Waals surface area contributed by atoms with Gasteiger partial charge in [0.1, 0.15) is 5.82 Å². The van der Waals surface area contributed by atoms with Gasteiger partial charge in [-0.1, -0.05) is 0 Å². The fourth-order valence-electron chi connectivity index (χ4n) is 1.92. The predicted molar refractivity (Wildman–Crippen MR) is 82.7 cm³/mol. The van der Waals surface area contributed by atoms with Gasteiger partial charge in [-0.15, -0.1) is 11.3 Å². The molecule has 1 amide bonds. The second kappa shape index (κ2) is 7.03. The average Bonchev–Trinajstić information content (AvgIpc) is 2.95. The first kappa shape index (κ1) is 15.2. The van der Waals surface area contributed by atoms with Crippen molar-refractivity contribution >= 4 is 39.1 Å². The normalized spacial score (nSPS) is 10.4. The Morgan fingerprint density at radius 2 is 2.19 bits per heavy atom. The van der Waals surface area contributed by atoms with Gasteiger partial charge < -0.3 is 15.4 Å². The van der Waals surface area contributed by atoms with Gasteiger partial charge in [-0.25, -0.2) is 9.78 Å².